The van der Waals surface area contributed by atoms with Crippen molar-refractivity contribution in [2.24, 2.45) is 0 Å². The van der Waals surface area contributed by atoms with Crippen LogP contribution in [0.15, 0.2) is 60.2 Å². The smallest absolute Gasteiger partial charge is 0.323 e. The van der Waals surface area contributed by atoms with E-state index in [1.54, 1.807) is 34.7 Å². The lowest BCUT2D eigenvalue weighted by Gasteiger charge is -2.34. The molecule has 1 aromatic carbocycles. The van der Waals surface area contributed by atoms with Gasteiger partial charge < -0.3 is 15.5 Å². The number of nitrogens with one attached hydrogen (secondary N) is 2. The van der Waals surface area contributed by atoms with Crippen LogP contribution in [0.4, 0.5) is 10.5 Å². The van der Waals surface area contributed by atoms with Gasteiger partial charge in [0.25, 0.3) is 0 Å². The van der Waals surface area contributed by atoms with Gasteiger partial charge in [0.15, 0.2) is 0 Å². The molecular weight excluding hydrogens is 468 g/mol. The molecule has 1 aliphatic carbocycles. The number of anilines is 1. The minimum absolute atomic E-state index is 0. The third-order valence-corrected chi connectivity index (χ3v) is 7.28. The van der Waals surface area contributed by atoms with E-state index < -0.39 is 6.04 Å². The van der Waals surface area contributed by atoms with Crippen molar-refractivity contribution in [1.82, 2.24) is 15.2 Å². The van der Waals surface area contributed by atoms with Crippen LogP contribution in [0.25, 0.3) is 0 Å². The van der Waals surface area contributed by atoms with Crippen LogP contribution >= 0.6 is 11.3 Å². The molecule has 2 aromatic heterocycles. The van der Waals surface area contributed by atoms with Crippen LogP contribution in [0.2, 0.25) is 0 Å². The van der Waals surface area contributed by atoms with Crippen molar-refractivity contribution in [3.05, 3.63) is 81.8 Å². The summed E-state index contributed by atoms with van der Waals surface area (Å²) in [5.74, 6) is -0.126. The van der Waals surface area contributed by atoms with Crippen molar-refractivity contribution in [2.75, 3.05) is 5.32 Å². The number of amides is 3. The minimum Gasteiger partial charge on any atom is -0.351 e. The molecule has 7 heteroatoms. The molecular formula is C29H42N4O2S. The van der Waals surface area contributed by atoms with Crippen LogP contribution in [-0.2, 0) is 11.3 Å². The summed E-state index contributed by atoms with van der Waals surface area (Å²) in [6.45, 7) is 8.23. The van der Waals surface area contributed by atoms with Crippen LogP contribution in [0.1, 0.15) is 76.4 Å². The highest BCUT2D eigenvalue weighted by Crippen LogP contribution is 2.29. The number of hydrogen-bond acceptors (Lipinski definition) is 4. The fourth-order valence-electron chi connectivity index (χ4n) is 4.52. The molecule has 2 heterocycles. The summed E-state index contributed by atoms with van der Waals surface area (Å²) in [4.78, 5) is 34.3. The number of urea groups is 1. The molecule has 1 atom stereocenters. The third kappa shape index (κ3) is 7.17. The van der Waals surface area contributed by atoms with Crippen molar-refractivity contribution in [3.8, 4) is 0 Å². The Morgan fingerprint density at radius 3 is 2.47 bits per heavy atom. The fraction of sp³-hybridized carbons (Fsp3) is 0.414. The number of hydrogen-bond donors (Lipinski definition) is 2. The van der Waals surface area contributed by atoms with Gasteiger partial charge in [0.05, 0.1) is 6.54 Å². The number of nitrogens with zero attached hydrogens (tertiary/aromatic N) is 2. The molecule has 0 saturated heterocycles. The van der Waals surface area contributed by atoms with Crippen LogP contribution < -0.4 is 10.6 Å². The molecule has 3 amide bonds. The fourth-order valence-corrected chi connectivity index (χ4v) is 5.23. The Morgan fingerprint density at radius 2 is 1.81 bits per heavy atom. The molecule has 196 valence electrons. The van der Waals surface area contributed by atoms with Crippen molar-refractivity contribution in [2.45, 2.75) is 78.4 Å². The predicted molar refractivity (Wildman–Crippen MR) is 152 cm³/mol. The van der Waals surface area contributed by atoms with E-state index in [9.17, 15) is 9.59 Å². The predicted octanol–water partition coefficient (Wildman–Crippen LogP) is 7.50. The Hall–Kier alpha value is -3.19. The first-order valence-corrected chi connectivity index (χ1v) is 13.8. The van der Waals surface area contributed by atoms with Crippen LogP contribution in [-0.4, -0.2) is 27.9 Å². The molecule has 36 heavy (non-hydrogen) atoms. The molecule has 1 saturated carbocycles. The maximum absolute atomic E-state index is 13.8. The Labute approximate surface area is 222 Å². The maximum atomic E-state index is 13.8. The average molecular weight is 511 g/mol. The Morgan fingerprint density at radius 1 is 1.06 bits per heavy atom. The van der Waals surface area contributed by atoms with Crippen molar-refractivity contribution < 1.29 is 12.4 Å². The minimum atomic E-state index is -0.743. The van der Waals surface area contributed by atoms with Gasteiger partial charge in [-0.05, 0) is 60.9 Å². The van der Waals surface area contributed by atoms with E-state index >= 15 is 0 Å². The molecule has 0 spiro atoms. The van der Waals surface area contributed by atoms with Crippen LogP contribution in [0.5, 0.6) is 0 Å². The second-order valence-electron chi connectivity index (χ2n) is 8.93. The number of carbonyl (C=O) groups is 2. The van der Waals surface area contributed by atoms with E-state index in [0.717, 1.165) is 47.3 Å². The molecule has 1 aliphatic rings. The molecule has 1 unspecified atom stereocenters. The van der Waals surface area contributed by atoms with Gasteiger partial charge in [-0.2, -0.15) is 0 Å². The lowest BCUT2D eigenvalue weighted by atomic mass is 9.94. The summed E-state index contributed by atoms with van der Waals surface area (Å²) in [7, 11) is 0. The topological polar surface area (TPSA) is 74.3 Å². The highest BCUT2D eigenvalue weighted by atomic mass is 32.1. The highest BCUT2D eigenvalue weighted by molar-refractivity contribution is 7.09. The lowest BCUT2D eigenvalue weighted by Crippen LogP contribution is -2.48. The van der Waals surface area contributed by atoms with E-state index in [1.807, 2.05) is 69.5 Å². The number of rotatable bonds is 7. The normalized spacial score (nSPS) is 14.2. The standard InChI is InChI=1S/C27H32N4O2S.C2H6.2H2/c1-19-9-6-7-13-23(19)25(26(32)29-21-10-4-3-5-11-21)31(18-22-12-8-16-34-22)27(33)30-24-14-15-28-17-20(24)2;1-2;;/h6-9,12-17,21,25H,3-5,10-11,18H2,1-2H3,(H,29,32)(H,28,30,33);1-2H3;2*1H. The van der Waals surface area contributed by atoms with Crippen molar-refractivity contribution in [1.29, 1.82) is 0 Å². The van der Waals surface area contributed by atoms with Gasteiger partial charge >= 0.3 is 6.03 Å². The summed E-state index contributed by atoms with van der Waals surface area (Å²) in [5, 5.41) is 8.28. The van der Waals surface area contributed by atoms with E-state index in [-0.39, 0.29) is 20.8 Å². The third-order valence-electron chi connectivity index (χ3n) is 6.42. The largest absolute Gasteiger partial charge is 0.351 e. The van der Waals surface area contributed by atoms with E-state index in [0.29, 0.717) is 12.2 Å². The SMILES string of the molecule is CC.Cc1cnccc1NC(=O)N(Cc1cccs1)C(C(=O)NC1CCCCC1)c1ccccc1C.[HH].[HH]. The Bertz CT molecular complexity index is 1120. The van der Waals surface area contributed by atoms with Gasteiger partial charge in [0.1, 0.15) is 6.04 Å². The summed E-state index contributed by atoms with van der Waals surface area (Å²) < 4.78 is 0. The molecule has 0 bridgehead atoms. The van der Waals surface area contributed by atoms with E-state index in [1.165, 1.54) is 6.42 Å². The number of aryl methyl sites for hydroxylation is 2. The van der Waals surface area contributed by atoms with Gasteiger partial charge in [-0.1, -0.05) is 63.4 Å². The first-order valence-electron chi connectivity index (χ1n) is 12.9. The summed E-state index contributed by atoms with van der Waals surface area (Å²) in [6.07, 6.45) is 8.81. The second-order valence-corrected chi connectivity index (χ2v) is 9.96. The number of benzene rings is 1. The van der Waals surface area contributed by atoms with Crippen LogP contribution in [0, 0.1) is 13.8 Å². The quantitative estimate of drug-likeness (QED) is 0.345. The summed E-state index contributed by atoms with van der Waals surface area (Å²) in [6, 6.07) is 12.7. The van der Waals surface area contributed by atoms with Gasteiger partial charge in [-0.25, -0.2) is 4.79 Å². The van der Waals surface area contributed by atoms with Gasteiger partial charge in [-0.3, -0.25) is 9.78 Å². The molecule has 2 N–H and O–H groups in total. The first kappa shape index (κ1) is 27.4. The maximum Gasteiger partial charge on any atom is 0.323 e. The van der Waals surface area contributed by atoms with Gasteiger partial charge in [0.2, 0.25) is 5.91 Å². The second kappa shape index (κ2) is 13.8. The first-order chi connectivity index (χ1) is 17.5. The van der Waals surface area contributed by atoms with Gasteiger partial charge in [0, 0.05) is 31.9 Å². The molecule has 0 radical (unpaired) electrons. The highest BCUT2D eigenvalue weighted by Gasteiger charge is 2.34. The lowest BCUT2D eigenvalue weighted by molar-refractivity contribution is -0.126. The van der Waals surface area contributed by atoms with Crippen LogP contribution in [0.3, 0.4) is 0 Å². The summed E-state index contributed by atoms with van der Waals surface area (Å²) >= 11 is 1.58. The molecule has 1 fully saturated rings. The zero-order valence-electron chi connectivity index (χ0n) is 21.8. The van der Waals surface area contributed by atoms with E-state index in [4.69, 9.17) is 0 Å². The Balaban J connectivity index is 0.00000176. The van der Waals surface area contributed by atoms with E-state index in [2.05, 4.69) is 15.6 Å². The van der Waals surface area contributed by atoms with Gasteiger partial charge in [-0.15, -0.1) is 11.3 Å². The monoisotopic (exact) mass is 510 g/mol. The number of thiophene rings is 1. The van der Waals surface area contributed by atoms with Crippen molar-refractivity contribution >= 4 is 29.0 Å². The summed E-state index contributed by atoms with van der Waals surface area (Å²) in [5.41, 5.74) is 3.38. The molecule has 6 nitrogen and oxygen atoms in total. The Kier molecular flexibility index (Phi) is 10.5. The molecule has 0 aliphatic heterocycles. The molecule has 4 rings (SSSR count). The zero-order valence-corrected chi connectivity index (χ0v) is 22.6. The number of aromatic nitrogens is 1. The average Bonchev–Trinajstić information content (AvgIpc) is 3.41. The number of carbonyl (C=O) groups excluding carboxylic acids is 2. The molecule has 3 aromatic rings. The van der Waals surface area contributed by atoms with Crippen molar-refractivity contribution in [3.63, 3.8) is 0 Å². The zero-order chi connectivity index (χ0) is 25.9. The number of pyridine rings is 1.